The van der Waals surface area contributed by atoms with E-state index in [1.807, 2.05) is 13.8 Å². The van der Waals surface area contributed by atoms with Gasteiger partial charge in [-0.15, -0.1) is 10.2 Å². The minimum Gasteiger partial charge on any atom is -0.481 e. The van der Waals surface area contributed by atoms with Crippen molar-refractivity contribution in [2.24, 2.45) is 5.92 Å². The van der Waals surface area contributed by atoms with Crippen molar-refractivity contribution in [3.05, 3.63) is 41.4 Å². The van der Waals surface area contributed by atoms with E-state index in [1.54, 1.807) is 22.8 Å². The summed E-state index contributed by atoms with van der Waals surface area (Å²) in [5, 5.41) is 7.57. The fourth-order valence-electron chi connectivity index (χ4n) is 3.12. The molecule has 3 rings (SSSR count). The third-order valence-corrected chi connectivity index (χ3v) is 6.65. The molecule has 0 aliphatic rings. The Morgan fingerprint density at radius 3 is 2.42 bits per heavy atom. The standard InChI is InChI=1S/C20H26ClN7O4S/c1-12(2)11-28-19(15-7-6-8-16(24-15)31-4)25-26-20(28)27-33(29,30)13(3)17(32-5)18-22-9-14(21)10-23-18/h6-10,12-13,17H,11H2,1-5H3,(H,26,27)/t13-,17-/m0/s1. The molecule has 2 atom stereocenters. The Hall–Kier alpha value is -2.83. The Morgan fingerprint density at radius 2 is 1.82 bits per heavy atom. The van der Waals surface area contributed by atoms with Gasteiger partial charge in [0.15, 0.2) is 11.6 Å². The van der Waals surface area contributed by atoms with Crippen LogP contribution in [0.5, 0.6) is 5.88 Å². The van der Waals surface area contributed by atoms with Gasteiger partial charge in [-0.1, -0.05) is 31.5 Å². The Balaban J connectivity index is 1.95. The second kappa shape index (κ2) is 10.4. The van der Waals surface area contributed by atoms with Gasteiger partial charge in [-0.3, -0.25) is 9.29 Å². The van der Waals surface area contributed by atoms with E-state index in [4.69, 9.17) is 21.1 Å². The van der Waals surface area contributed by atoms with E-state index in [2.05, 4.69) is 29.9 Å². The van der Waals surface area contributed by atoms with Gasteiger partial charge in [-0.25, -0.2) is 23.4 Å². The molecule has 3 aromatic rings. The topological polar surface area (TPSA) is 134 Å². The van der Waals surface area contributed by atoms with Crippen LogP contribution >= 0.6 is 11.6 Å². The van der Waals surface area contributed by atoms with Crippen molar-refractivity contribution in [2.45, 2.75) is 38.7 Å². The van der Waals surface area contributed by atoms with Crippen molar-refractivity contribution in [2.75, 3.05) is 18.9 Å². The van der Waals surface area contributed by atoms with Crippen LogP contribution in [0, 0.1) is 5.92 Å². The number of ether oxygens (including phenoxy) is 2. The predicted octanol–water partition coefficient (Wildman–Crippen LogP) is 2.97. The van der Waals surface area contributed by atoms with Crippen molar-refractivity contribution in [3.8, 4) is 17.4 Å². The second-order valence-electron chi connectivity index (χ2n) is 7.68. The highest BCUT2D eigenvalue weighted by molar-refractivity contribution is 7.93. The summed E-state index contributed by atoms with van der Waals surface area (Å²) in [6, 6.07) is 5.24. The van der Waals surface area contributed by atoms with Crippen LogP contribution in [0.1, 0.15) is 32.7 Å². The first-order chi connectivity index (χ1) is 15.7. The van der Waals surface area contributed by atoms with E-state index in [0.29, 0.717) is 29.0 Å². The van der Waals surface area contributed by atoms with Gasteiger partial charge in [-0.2, -0.15) is 0 Å². The van der Waals surface area contributed by atoms with Crippen LogP contribution < -0.4 is 9.46 Å². The molecule has 0 aliphatic carbocycles. The van der Waals surface area contributed by atoms with E-state index >= 15 is 0 Å². The van der Waals surface area contributed by atoms with Gasteiger partial charge in [0, 0.05) is 32.1 Å². The predicted molar refractivity (Wildman–Crippen MR) is 123 cm³/mol. The van der Waals surface area contributed by atoms with Gasteiger partial charge in [0.1, 0.15) is 17.0 Å². The zero-order valence-corrected chi connectivity index (χ0v) is 20.5. The van der Waals surface area contributed by atoms with Crippen LogP contribution in [0.2, 0.25) is 5.02 Å². The van der Waals surface area contributed by atoms with Gasteiger partial charge in [0.25, 0.3) is 0 Å². The van der Waals surface area contributed by atoms with Crippen LogP contribution in [-0.4, -0.2) is 57.6 Å². The average Bonchev–Trinajstić information content (AvgIpc) is 3.16. The number of sulfonamides is 1. The Labute approximate surface area is 197 Å². The fourth-order valence-corrected chi connectivity index (χ4v) is 4.37. The highest BCUT2D eigenvalue weighted by atomic mass is 35.5. The van der Waals surface area contributed by atoms with Crippen molar-refractivity contribution in [1.82, 2.24) is 29.7 Å². The molecule has 13 heteroatoms. The molecule has 0 saturated carbocycles. The number of pyridine rings is 1. The quantitative estimate of drug-likeness (QED) is 0.450. The molecule has 0 spiro atoms. The monoisotopic (exact) mass is 495 g/mol. The van der Waals surface area contributed by atoms with Crippen molar-refractivity contribution in [1.29, 1.82) is 0 Å². The van der Waals surface area contributed by atoms with Crippen LogP contribution in [-0.2, 0) is 21.3 Å². The first-order valence-electron chi connectivity index (χ1n) is 10.1. The molecule has 0 amide bonds. The van der Waals surface area contributed by atoms with Gasteiger partial charge in [0.2, 0.25) is 21.9 Å². The molecular formula is C20H26ClN7O4S. The highest BCUT2D eigenvalue weighted by Crippen LogP contribution is 2.27. The summed E-state index contributed by atoms with van der Waals surface area (Å²) in [6.07, 6.45) is 1.84. The molecule has 11 nitrogen and oxygen atoms in total. The number of methoxy groups -OCH3 is 2. The minimum absolute atomic E-state index is 0.0713. The van der Waals surface area contributed by atoms with Crippen LogP contribution in [0.15, 0.2) is 30.6 Å². The number of aromatic nitrogens is 6. The van der Waals surface area contributed by atoms with Gasteiger partial charge in [0.05, 0.1) is 12.1 Å². The van der Waals surface area contributed by atoms with Gasteiger partial charge >= 0.3 is 0 Å². The van der Waals surface area contributed by atoms with Crippen molar-refractivity contribution in [3.63, 3.8) is 0 Å². The fraction of sp³-hybridized carbons (Fsp3) is 0.450. The maximum absolute atomic E-state index is 13.2. The third kappa shape index (κ3) is 5.75. The molecule has 0 bridgehead atoms. The van der Waals surface area contributed by atoms with E-state index in [0.717, 1.165) is 0 Å². The summed E-state index contributed by atoms with van der Waals surface area (Å²) >= 11 is 5.84. The molecule has 0 radical (unpaired) electrons. The van der Waals surface area contributed by atoms with Crippen LogP contribution in [0.25, 0.3) is 11.5 Å². The summed E-state index contributed by atoms with van der Waals surface area (Å²) < 4.78 is 41.3. The lowest BCUT2D eigenvalue weighted by Gasteiger charge is -2.22. The van der Waals surface area contributed by atoms with Crippen molar-refractivity contribution >= 4 is 27.6 Å². The number of anilines is 1. The first-order valence-corrected chi connectivity index (χ1v) is 12.0. The molecule has 1 N–H and O–H groups in total. The number of rotatable bonds is 10. The number of hydrogen-bond acceptors (Lipinski definition) is 9. The van der Waals surface area contributed by atoms with E-state index in [1.165, 1.54) is 33.5 Å². The molecule has 3 aromatic heterocycles. The summed E-state index contributed by atoms with van der Waals surface area (Å²) in [7, 11) is -1.07. The lowest BCUT2D eigenvalue weighted by Crippen LogP contribution is -2.33. The number of nitrogens with one attached hydrogen (secondary N) is 1. The molecule has 178 valence electrons. The Bertz CT molecular complexity index is 1190. The zero-order chi connectivity index (χ0) is 24.2. The SMILES string of the molecule is COc1cccc(-c2nnc(NS(=O)(=O)[C@@H](C)[C@H](OC)c3ncc(Cl)cn3)n2CC(C)C)n1. The minimum atomic E-state index is -3.98. The summed E-state index contributed by atoms with van der Waals surface area (Å²) in [5.41, 5.74) is 0.505. The first kappa shape index (κ1) is 24.8. The summed E-state index contributed by atoms with van der Waals surface area (Å²) in [6.45, 7) is 5.97. The largest absolute Gasteiger partial charge is 0.481 e. The van der Waals surface area contributed by atoms with Gasteiger partial charge < -0.3 is 9.47 Å². The van der Waals surface area contributed by atoms with E-state index < -0.39 is 21.4 Å². The summed E-state index contributed by atoms with van der Waals surface area (Å²) in [4.78, 5) is 12.6. The Kier molecular flexibility index (Phi) is 7.82. The summed E-state index contributed by atoms with van der Waals surface area (Å²) in [5.74, 6) is 1.28. The second-order valence-corrected chi connectivity index (χ2v) is 10.2. The van der Waals surface area contributed by atoms with Crippen LogP contribution in [0.4, 0.5) is 5.95 Å². The molecular weight excluding hydrogens is 470 g/mol. The molecule has 0 aliphatic heterocycles. The lowest BCUT2D eigenvalue weighted by molar-refractivity contribution is 0.0950. The van der Waals surface area contributed by atoms with Crippen molar-refractivity contribution < 1.29 is 17.9 Å². The van der Waals surface area contributed by atoms with E-state index in [-0.39, 0.29) is 17.7 Å². The van der Waals surface area contributed by atoms with Crippen LogP contribution in [0.3, 0.4) is 0 Å². The van der Waals surface area contributed by atoms with Gasteiger partial charge in [-0.05, 0) is 18.9 Å². The zero-order valence-electron chi connectivity index (χ0n) is 18.9. The molecule has 33 heavy (non-hydrogen) atoms. The number of hydrogen-bond donors (Lipinski definition) is 1. The number of nitrogens with zero attached hydrogens (tertiary/aromatic N) is 6. The third-order valence-electron chi connectivity index (χ3n) is 4.76. The molecule has 3 heterocycles. The smallest absolute Gasteiger partial charge is 0.240 e. The normalized spacial score (nSPS) is 13.7. The molecule has 0 saturated heterocycles. The van der Waals surface area contributed by atoms with E-state index in [9.17, 15) is 8.42 Å². The maximum atomic E-state index is 13.2. The maximum Gasteiger partial charge on any atom is 0.240 e. The molecule has 0 aromatic carbocycles. The lowest BCUT2D eigenvalue weighted by atomic mass is 10.2. The highest BCUT2D eigenvalue weighted by Gasteiger charge is 2.34. The molecule has 0 fully saturated rings. The number of halogens is 1. The molecule has 0 unspecified atom stereocenters. The Morgan fingerprint density at radius 1 is 1.12 bits per heavy atom. The average molecular weight is 496 g/mol.